The molecular formula is C10H24N2. The highest BCUT2D eigenvalue weighted by atomic mass is 15.1. The zero-order valence-corrected chi connectivity index (χ0v) is 9.01. The third-order valence-corrected chi connectivity index (χ3v) is 2.50. The number of nitrogens with zero attached hydrogens (tertiary/aromatic N) is 1. The van der Waals surface area contributed by atoms with Gasteiger partial charge in [0.15, 0.2) is 0 Å². The summed E-state index contributed by atoms with van der Waals surface area (Å²) in [6.07, 6.45) is 2.39. The van der Waals surface area contributed by atoms with Gasteiger partial charge in [0.25, 0.3) is 0 Å². The lowest BCUT2D eigenvalue weighted by atomic mass is 10.00. The lowest BCUT2D eigenvalue weighted by Crippen LogP contribution is -2.39. The molecule has 0 fully saturated rings. The van der Waals surface area contributed by atoms with Crippen molar-refractivity contribution in [3.05, 3.63) is 0 Å². The molecule has 0 rings (SSSR count). The van der Waals surface area contributed by atoms with E-state index in [9.17, 15) is 0 Å². The molecule has 0 unspecified atom stereocenters. The summed E-state index contributed by atoms with van der Waals surface area (Å²) in [5.74, 6) is 0.643. The summed E-state index contributed by atoms with van der Waals surface area (Å²) in [6.45, 7) is 8.81. The molecule has 74 valence electrons. The zero-order chi connectivity index (χ0) is 9.56. The van der Waals surface area contributed by atoms with Crippen LogP contribution in [-0.4, -0.2) is 31.1 Å². The van der Waals surface area contributed by atoms with E-state index in [2.05, 4.69) is 32.7 Å². The summed E-state index contributed by atoms with van der Waals surface area (Å²) < 4.78 is 0. The Morgan fingerprint density at radius 2 is 1.92 bits per heavy atom. The topological polar surface area (TPSA) is 29.3 Å². The molecule has 0 heterocycles. The van der Waals surface area contributed by atoms with Gasteiger partial charge in [-0.25, -0.2) is 0 Å². The predicted octanol–water partition coefficient (Wildman–Crippen LogP) is 1.70. The summed E-state index contributed by atoms with van der Waals surface area (Å²) in [5.41, 5.74) is 6.02. The number of hydrogen-bond donors (Lipinski definition) is 1. The van der Waals surface area contributed by atoms with E-state index in [1.54, 1.807) is 0 Å². The van der Waals surface area contributed by atoms with Gasteiger partial charge in [-0.15, -0.1) is 0 Å². The SMILES string of the molecule is CCCN(C)C[C@H](N)[C@H](C)CC. The van der Waals surface area contributed by atoms with Crippen molar-refractivity contribution in [3.8, 4) is 0 Å². The molecule has 0 bridgehead atoms. The van der Waals surface area contributed by atoms with E-state index < -0.39 is 0 Å². The van der Waals surface area contributed by atoms with E-state index >= 15 is 0 Å². The van der Waals surface area contributed by atoms with E-state index in [-0.39, 0.29) is 0 Å². The summed E-state index contributed by atoms with van der Waals surface area (Å²) >= 11 is 0. The van der Waals surface area contributed by atoms with Crippen molar-refractivity contribution in [2.45, 2.75) is 39.7 Å². The summed E-state index contributed by atoms with van der Waals surface area (Å²) in [4.78, 5) is 2.32. The van der Waals surface area contributed by atoms with E-state index in [0.717, 1.165) is 13.1 Å². The van der Waals surface area contributed by atoms with Crippen molar-refractivity contribution >= 4 is 0 Å². The first-order valence-electron chi connectivity index (χ1n) is 5.05. The Bertz CT molecular complexity index is 104. The van der Waals surface area contributed by atoms with E-state index in [0.29, 0.717) is 12.0 Å². The fourth-order valence-corrected chi connectivity index (χ4v) is 1.32. The molecule has 0 saturated heterocycles. The molecule has 0 aliphatic carbocycles. The van der Waals surface area contributed by atoms with Crippen LogP contribution in [0, 0.1) is 5.92 Å². The van der Waals surface area contributed by atoms with Gasteiger partial charge in [0.2, 0.25) is 0 Å². The monoisotopic (exact) mass is 172 g/mol. The van der Waals surface area contributed by atoms with Crippen LogP contribution in [0.4, 0.5) is 0 Å². The highest BCUT2D eigenvalue weighted by Gasteiger charge is 2.11. The molecule has 0 aromatic heterocycles. The molecule has 0 amide bonds. The molecule has 0 aliphatic rings. The molecule has 2 N–H and O–H groups in total. The Kier molecular flexibility index (Phi) is 6.39. The average molecular weight is 172 g/mol. The fraction of sp³-hybridized carbons (Fsp3) is 1.00. The van der Waals surface area contributed by atoms with Gasteiger partial charge in [0.05, 0.1) is 0 Å². The van der Waals surface area contributed by atoms with E-state index in [4.69, 9.17) is 5.73 Å². The van der Waals surface area contributed by atoms with Crippen molar-refractivity contribution in [2.24, 2.45) is 11.7 Å². The Morgan fingerprint density at radius 3 is 2.33 bits per heavy atom. The van der Waals surface area contributed by atoms with Crippen molar-refractivity contribution in [2.75, 3.05) is 20.1 Å². The van der Waals surface area contributed by atoms with Crippen LogP contribution in [0.2, 0.25) is 0 Å². The molecule has 0 saturated carbocycles. The van der Waals surface area contributed by atoms with E-state index in [1.165, 1.54) is 12.8 Å². The average Bonchev–Trinajstić information content (AvgIpc) is 2.03. The van der Waals surface area contributed by atoms with Gasteiger partial charge in [-0.3, -0.25) is 0 Å². The fourth-order valence-electron chi connectivity index (χ4n) is 1.32. The summed E-state index contributed by atoms with van der Waals surface area (Å²) in [6, 6.07) is 0.339. The van der Waals surface area contributed by atoms with Gasteiger partial charge in [0, 0.05) is 12.6 Å². The molecule has 0 spiro atoms. The number of hydrogen-bond acceptors (Lipinski definition) is 2. The third-order valence-electron chi connectivity index (χ3n) is 2.50. The highest BCUT2D eigenvalue weighted by Crippen LogP contribution is 2.06. The quantitative estimate of drug-likeness (QED) is 0.661. The van der Waals surface area contributed by atoms with Gasteiger partial charge in [-0.2, -0.15) is 0 Å². The highest BCUT2D eigenvalue weighted by molar-refractivity contribution is 4.71. The molecule has 0 radical (unpaired) electrons. The third kappa shape index (κ3) is 4.73. The summed E-state index contributed by atoms with van der Waals surface area (Å²) in [5, 5.41) is 0. The largest absolute Gasteiger partial charge is 0.326 e. The number of rotatable bonds is 6. The molecular weight excluding hydrogens is 148 g/mol. The van der Waals surface area contributed by atoms with Crippen LogP contribution >= 0.6 is 0 Å². The van der Waals surface area contributed by atoms with Gasteiger partial charge in [-0.05, 0) is 25.9 Å². The smallest absolute Gasteiger partial charge is 0.0193 e. The molecule has 2 heteroatoms. The normalized spacial score (nSPS) is 16.5. The first kappa shape index (κ1) is 11.9. The predicted molar refractivity (Wildman–Crippen MR) is 55.2 cm³/mol. The van der Waals surface area contributed by atoms with Gasteiger partial charge in [0.1, 0.15) is 0 Å². The van der Waals surface area contributed by atoms with Gasteiger partial charge in [-0.1, -0.05) is 27.2 Å². The van der Waals surface area contributed by atoms with Crippen LogP contribution in [-0.2, 0) is 0 Å². The minimum absolute atomic E-state index is 0.339. The van der Waals surface area contributed by atoms with Crippen molar-refractivity contribution in [1.82, 2.24) is 4.90 Å². The Balaban J connectivity index is 3.59. The minimum atomic E-state index is 0.339. The van der Waals surface area contributed by atoms with Gasteiger partial charge >= 0.3 is 0 Å². The second-order valence-corrected chi connectivity index (χ2v) is 3.81. The molecule has 2 nitrogen and oxygen atoms in total. The zero-order valence-electron chi connectivity index (χ0n) is 9.01. The molecule has 2 atom stereocenters. The number of likely N-dealkylation sites (N-methyl/N-ethyl adjacent to an activating group) is 1. The molecule has 12 heavy (non-hydrogen) atoms. The van der Waals surface area contributed by atoms with Crippen LogP contribution in [0.15, 0.2) is 0 Å². The van der Waals surface area contributed by atoms with Crippen LogP contribution in [0.25, 0.3) is 0 Å². The molecule has 0 aliphatic heterocycles. The van der Waals surface area contributed by atoms with Crippen molar-refractivity contribution in [1.29, 1.82) is 0 Å². The molecule has 0 aromatic carbocycles. The summed E-state index contributed by atoms with van der Waals surface area (Å²) in [7, 11) is 2.14. The van der Waals surface area contributed by atoms with E-state index in [1.807, 2.05) is 0 Å². The lowest BCUT2D eigenvalue weighted by molar-refractivity contribution is 0.274. The maximum atomic E-state index is 6.02. The standard InChI is InChI=1S/C10H24N2/c1-5-7-12(4)8-10(11)9(3)6-2/h9-10H,5-8,11H2,1-4H3/t9-,10+/m1/s1. The van der Waals surface area contributed by atoms with Crippen molar-refractivity contribution < 1.29 is 0 Å². The molecule has 0 aromatic rings. The maximum Gasteiger partial charge on any atom is 0.0193 e. The Labute approximate surface area is 77.1 Å². The first-order valence-corrected chi connectivity index (χ1v) is 5.05. The lowest BCUT2D eigenvalue weighted by Gasteiger charge is -2.24. The second-order valence-electron chi connectivity index (χ2n) is 3.81. The van der Waals surface area contributed by atoms with Crippen LogP contribution in [0.1, 0.15) is 33.6 Å². The van der Waals surface area contributed by atoms with Crippen molar-refractivity contribution in [3.63, 3.8) is 0 Å². The van der Waals surface area contributed by atoms with Crippen LogP contribution < -0.4 is 5.73 Å². The minimum Gasteiger partial charge on any atom is -0.326 e. The Hall–Kier alpha value is -0.0800. The Morgan fingerprint density at radius 1 is 1.33 bits per heavy atom. The maximum absolute atomic E-state index is 6.02. The van der Waals surface area contributed by atoms with Gasteiger partial charge < -0.3 is 10.6 Å². The van der Waals surface area contributed by atoms with Crippen LogP contribution in [0.3, 0.4) is 0 Å². The first-order chi connectivity index (χ1) is 5.61. The second kappa shape index (κ2) is 6.44. The number of nitrogens with two attached hydrogens (primary N) is 1. The van der Waals surface area contributed by atoms with Crippen LogP contribution in [0.5, 0.6) is 0 Å².